The number of hydrogen-bond acceptors (Lipinski definition) is 0. The minimum Gasteiger partial charge on any atom is -0.672 e. The third-order valence-corrected chi connectivity index (χ3v) is 6.14. The zero-order valence-electron chi connectivity index (χ0n) is 23.5. The van der Waals surface area contributed by atoms with Gasteiger partial charge in [-0.3, -0.25) is 0 Å². The van der Waals surface area contributed by atoms with Crippen LogP contribution in [0.15, 0.2) is 42.5 Å². The molecule has 0 bridgehead atoms. The van der Waals surface area contributed by atoms with Crippen LogP contribution in [-0.4, -0.2) is 25.5 Å². The molecule has 3 aromatic carbocycles. The molecule has 3 aromatic rings. The summed E-state index contributed by atoms with van der Waals surface area (Å²) in [7, 11) is 9.69. The fourth-order valence-corrected chi connectivity index (χ4v) is 5.24. The van der Waals surface area contributed by atoms with Crippen molar-refractivity contribution < 1.29 is 0 Å². The molecule has 0 atom stereocenters. The van der Waals surface area contributed by atoms with Gasteiger partial charge in [-0.2, -0.15) is 0 Å². The van der Waals surface area contributed by atoms with Crippen molar-refractivity contribution in [2.24, 2.45) is 0 Å². The van der Waals surface area contributed by atoms with E-state index in [4.69, 9.17) is 30.7 Å². The van der Waals surface area contributed by atoms with Crippen LogP contribution in [0.3, 0.4) is 0 Å². The van der Waals surface area contributed by atoms with Crippen LogP contribution in [-0.2, 0) is 0 Å². The molecule has 0 aliphatic carbocycles. The molecule has 0 fully saturated rings. The van der Waals surface area contributed by atoms with Crippen LogP contribution in [0.2, 0.25) is 0 Å². The summed E-state index contributed by atoms with van der Waals surface area (Å²) >= 11 is -0.306. The fraction of sp³-hybridized carbons (Fsp3) is 0.419. The minimum absolute atomic E-state index is 0.193. The number of benzene rings is 3. The first kappa shape index (κ1) is 30.9. The average molecular weight is 539 g/mol. The first-order chi connectivity index (χ1) is 16.9. The molecule has 3 rings (SSSR count). The predicted octanol–water partition coefficient (Wildman–Crippen LogP) is 10.4. The van der Waals surface area contributed by atoms with Gasteiger partial charge in [-0.15, -0.1) is 12.1 Å². The Labute approximate surface area is 234 Å². The molecule has 0 saturated carbocycles. The van der Waals surface area contributed by atoms with Crippen LogP contribution >= 0.6 is 20.1 Å². The summed E-state index contributed by atoms with van der Waals surface area (Å²) in [4.78, 5) is 0. The van der Waals surface area contributed by atoms with Crippen molar-refractivity contribution in [3.63, 3.8) is 0 Å². The first-order valence-corrected chi connectivity index (χ1v) is 16.1. The van der Waals surface area contributed by atoms with Crippen molar-refractivity contribution in [1.82, 2.24) is 0 Å². The quantitative estimate of drug-likeness (QED) is 0.268. The van der Waals surface area contributed by atoms with E-state index >= 15 is 0 Å². The van der Waals surface area contributed by atoms with Gasteiger partial charge in [0.2, 0.25) is 0 Å². The lowest BCUT2D eigenvalue weighted by atomic mass is 9.83. The maximum Gasteiger partial charge on any atom is 0.495 e. The van der Waals surface area contributed by atoms with E-state index in [0.29, 0.717) is 0 Å². The molecule has 0 aromatic heterocycles. The van der Waals surface area contributed by atoms with Crippen LogP contribution < -0.4 is 0 Å². The van der Waals surface area contributed by atoms with E-state index in [0.717, 1.165) is 0 Å². The molecule has 0 unspecified atom stereocenters. The van der Waals surface area contributed by atoms with Crippen LogP contribution in [0.5, 0.6) is 0 Å². The number of rotatable bonds is 7. The van der Waals surface area contributed by atoms with E-state index in [-0.39, 0.29) is 31.6 Å². The second-order valence-electron chi connectivity index (χ2n) is 10.3. The number of hydrogen-bond donors (Lipinski definition) is 0. The van der Waals surface area contributed by atoms with E-state index in [9.17, 15) is 0 Å². The summed E-state index contributed by atoms with van der Waals surface area (Å²) in [5, 5.41) is 10.3. The Balaban J connectivity index is 0.00000145. The van der Waals surface area contributed by atoms with Gasteiger partial charge in [0.05, 0.1) is 0 Å². The van der Waals surface area contributed by atoms with E-state index in [1.165, 1.54) is 61.2 Å². The van der Waals surface area contributed by atoms with Crippen molar-refractivity contribution in [3.8, 4) is 22.3 Å². The Bertz CT molecular complexity index is 1040. The maximum absolute atomic E-state index is 5.15. The third kappa shape index (κ3) is 7.85. The summed E-state index contributed by atoms with van der Waals surface area (Å²) in [5.74, 6) is 0. The van der Waals surface area contributed by atoms with Crippen LogP contribution in [0.4, 0.5) is 0 Å². The lowest BCUT2D eigenvalue weighted by Crippen LogP contribution is -2.11. The van der Waals surface area contributed by atoms with Gasteiger partial charge in [0.25, 0.3) is 0 Å². The van der Waals surface area contributed by atoms with E-state index in [1.807, 2.05) is 0 Å². The Morgan fingerprint density at radius 3 is 1.19 bits per heavy atom. The molecule has 193 valence electrons. The van der Waals surface area contributed by atoms with E-state index < -0.39 is 0 Å². The summed E-state index contributed by atoms with van der Waals surface area (Å²) < 4.78 is 0. The molecule has 0 N–H and O–H groups in total. The van der Waals surface area contributed by atoms with E-state index in [1.54, 1.807) is 0 Å². The average Bonchev–Trinajstić information content (AvgIpc) is 2.72. The second-order valence-corrected chi connectivity index (χ2v) is 12.4. The highest BCUT2D eigenvalue weighted by Gasteiger charge is 2.18. The highest BCUT2D eigenvalue weighted by atomic mass is 35.7. The first-order valence-electron chi connectivity index (χ1n) is 12.6. The topological polar surface area (TPSA) is 28.2 Å². The summed E-state index contributed by atoms with van der Waals surface area (Å²) in [6.45, 7) is 21.8. The fourth-order valence-electron chi connectivity index (χ4n) is 5.24. The van der Waals surface area contributed by atoms with Crippen LogP contribution in [0.25, 0.3) is 32.9 Å². The number of halogens is 2. The predicted molar refractivity (Wildman–Crippen MR) is 163 cm³/mol. The maximum atomic E-state index is 5.15. The highest BCUT2D eigenvalue weighted by molar-refractivity contribution is 7.22. The molecule has 0 amide bonds. The summed E-state index contributed by atoms with van der Waals surface area (Å²) in [5.41, 5.74) is 14.1. The second kappa shape index (κ2) is 14.0. The molecule has 36 heavy (non-hydrogen) atoms. The largest absolute Gasteiger partial charge is 0.672 e. The van der Waals surface area contributed by atoms with Crippen molar-refractivity contribution in [2.75, 3.05) is 0 Å². The van der Waals surface area contributed by atoms with Gasteiger partial charge in [0.15, 0.2) is 0 Å². The molecular formula is C31H40AlCl2N2-2. The van der Waals surface area contributed by atoms with Gasteiger partial charge in [-0.25, -0.2) is 26.3 Å². The molecule has 2 nitrogen and oxygen atoms in total. The smallest absolute Gasteiger partial charge is 0.495 e. The minimum atomic E-state index is -0.306. The molecule has 5 heteroatoms. The lowest BCUT2D eigenvalue weighted by Gasteiger charge is -2.51. The van der Waals surface area contributed by atoms with Gasteiger partial charge < -0.3 is 10.6 Å². The molecule has 1 radical (unpaired) electrons. The monoisotopic (exact) mass is 537 g/mol. The molecule has 0 saturated heterocycles. The SMILES string of the molecule is Cc1cc(C)c(-c2cccc(-c3c(C)cc(C)cc3C)c2C([N-]C(C)C)[N-]C(C)C)c(C)c1.[Cl][Al][Cl]. The Kier molecular flexibility index (Phi) is 12.0. The molecule has 0 aliphatic rings. The Hall–Kier alpha value is -1.31. The van der Waals surface area contributed by atoms with Crippen molar-refractivity contribution in [3.05, 3.63) is 92.0 Å². The highest BCUT2D eigenvalue weighted by Crippen LogP contribution is 2.46. The summed E-state index contributed by atoms with van der Waals surface area (Å²) in [6.07, 6.45) is -0.212. The van der Waals surface area contributed by atoms with Crippen LogP contribution in [0.1, 0.15) is 72.8 Å². The number of aryl methyl sites for hydroxylation is 6. The van der Waals surface area contributed by atoms with Gasteiger partial charge >= 0.3 is 13.4 Å². The third-order valence-electron chi connectivity index (χ3n) is 6.14. The molecule has 0 heterocycles. The van der Waals surface area contributed by atoms with Crippen LogP contribution in [0, 0.1) is 41.5 Å². The molecule has 0 spiro atoms. The van der Waals surface area contributed by atoms with E-state index in [2.05, 4.69) is 112 Å². The number of nitrogens with zero attached hydrogens (tertiary/aromatic N) is 2. The van der Waals surface area contributed by atoms with Gasteiger partial charge in [0, 0.05) is 0 Å². The van der Waals surface area contributed by atoms with Crippen molar-refractivity contribution >= 4 is 33.5 Å². The zero-order valence-corrected chi connectivity index (χ0v) is 26.2. The zero-order chi connectivity index (χ0) is 27.2. The molecular weight excluding hydrogens is 498 g/mol. The van der Waals surface area contributed by atoms with Gasteiger partial charge in [-0.05, 0) is 86.1 Å². The lowest BCUT2D eigenvalue weighted by molar-refractivity contribution is 0.745. The Morgan fingerprint density at radius 1 is 0.611 bits per heavy atom. The van der Waals surface area contributed by atoms with Crippen molar-refractivity contribution in [2.45, 2.75) is 87.5 Å². The standard InChI is InChI=1S/C31H40N2.Al.2ClH/c1-18(2)32-31(33-19(3)4)30-26(28-22(7)14-20(5)15-23(28)8)12-11-13-27(30)29-24(9)16-21(6)17-25(29)10;;;/h11-19,31H,1-10H3;;2*1H/q-2;+2;;/p-2. The summed E-state index contributed by atoms with van der Waals surface area (Å²) in [6, 6.07) is 16.3. The van der Waals surface area contributed by atoms with Gasteiger partial charge in [-0.1, -0.05) is 86.8 Å². The van der Waals surface area contributed by atoms with Gasteiger partial charge in [0.1, 0.15) is 0 Å². The molecule has 0 aliphatic heterocycles. The normalized spacial score (nSPS) is 11.2. The Morgan fingerprint density at radius 2 is 0.917 bits per heavy atom. The van der Waals surface area contributed by atoms with Crippen molar-refractivity contribution in [1.29, 1.82) is 0 Å².